The van der Waals surface area contributed by atoms with E-state index in [0.717, 1.165) is 5.69 Å². The number of pyridine rings is 1. The van der Waals surface area contributed by atoms with Gasteiger partial charge in [0.15, 0.2) is 11.6 Å². The average Bonchev–Trinajstić information content (AvgIpc) is 2.59. The predicted molar refractivity (Wildman–Crippen MR) is 78.7 cm³/mol. The molecule has 6 heteroatoms. The molecule has 0 unspecified atom stereocenters. The Morgan fingerprint density at radius 2 is 2.24 bits per heavy atom. The van der Waals surface area contributed by atoms with E-state index in [0.29, 0.717) is 37.6 Å². The summed E-state index contributed by atoms with van der Waals surface area (Å²) in [6.45, 7) is 6.53. The zero-order valence-corrected chi connectivity index (χ0v) is 12.8. The van der Waals surface area contributed by atoms with E-state index in [1.807, 2.05) is 20.8 Å². The molecule has 0 atom stereocenters. The molecule has 1 aromatic heterocycles. The SMILES string of the molecule is CC(C)(C)OC(=O)N1CCCOc2ccc(CCO)nc21. The molecule has 1 aromatic rings. The second-order valence-electron chi connectivity index (χ2n) is 5.93. The lowest BCUT2D eigenvalue weighted by atomic mass is 10.2. The van der Waals surface area contributed by atoms with Gasteiger partial charge in [0.25, 0.3) is 0 Å². The van der Waals surface area contributed by atoms with Crippen LogP contribution in [0.15, 0.2) is 12.1 Å². The van der Waals surface area contributed by atoms with Crippen molar-refractivity contribution in [1.29, 1.82) is 0 Å². The Bertz CT molecular complexity index is 511. The van der Waals surface area contributed by atoms with Gasteiger partial charge in [-0.05, 0) is 39.3 Å². The highest BCUT2D eigenvalue weighted by molar-refractivity contribution is 5.88. The topological polar surface area (TPSA) is 71.9 Å². The van der Waals surface area contributed by atoms with E-state index in [-0.39, 0.29) is 6.61 Å². The summed E-state index contributed by atoms with van der Waals surface area (Å²) in [5, 5.41) is 9.03. The van der Waals surface area contributed by atoms with Crippen LogP contribution >= 0.6 is 0 Å². The van der Waals surface area contributed by atoms with E-state index in [2.05, 4.69) is 4.98 Å². The fourth-order valence-electron chi connectivity index (χ4n) is 2.04. The first-order chi connectivity index (χ1) is 9.90. The molecule has 116 valence electrons. The van der Waals surface area contributed by atoms with Crippen LogP contribution in [0.4, 0.5) is 10.6 Å². The number of aromatic nitrogens is 1. The molecule has 2 heterocycles. The number of rotatable bonds is 2. The van der Waals surface area contributed by atoms with E-state index in [1.165, 1.54) is 4.90 Å². The summed E-state index contributed by atoms with van der Waals surface area (Å²) in [6, 6.07) is 3.59. The second kappa shape index (κ2) is 6.30. The number of aliphatic hydroxyl groups excluding tert-OH is 1. The summed E-state index contributed by atoms with van der Waals surface area (Å²) in [7, 11) is 0. The van der Waals surface area contributed by atoms with Crippen LogP contribution in [0.3, 0.4) is 0 Å². The predicted octanol–water partition coefficient (Wildman–Crippen LogP) is 2.14. The van der Waals surface area contributed by atoms with Gasteiger partial charge in [-0.3, -0.25) is 4.90 Å². The molecule has 1 aliphatic rings. The summed E-state index contributed by atoms with van der Waals surface area (Å²) >= 11 is 0. The highest BCUT2D eigenvalue weighted by Crippen LogP contribution is 2.30. The Hall–Kier alpha value is -1.82. The molecule has 1 N–H and O–H groups in total. The first-order valence-corrected chi connectivity index (χ1v) is 7.15. The van der Waals surface area contributed by atoms with E-state index < -0.39 is 11.7 Å². The van der Waals surface area contributed by atoms with E-state index in [1.54, 1.807) is 12.1 Å². The highest BCUT2D eigenvalue weighted by Gasteiger charge is 2.28. The fourth-order valence-corrected chi connectivity index (χ4v) is 2.04. The van der Waals surface area contributed by atoms with Crippen LogP contribution in [0.5, 0.6) is 5.75 Å². The number of hydrogen-bond donors (Lipinski definition) is 1. The Morgan fingerprint density at radius 3 is 2.90 bits per heavy atom. The van der Waals surface area contributed by atoms with Gasteiger partial charge < -0.3 is 14.6 Å². The lowest BCUT2D eigenvalue weighted by Crippen LogP contribution is -2.37. The standard InChI is InChI=1S/C15H22N2O4/c1-15(2,3)21-14(19)17-8-4-10-20-12-6-5-11(7-9-18)16-13(12)17/h5-6,18H,4,7-10H2,1-3H3. The van der Waals surface area contributed by atoms with Crippen molar-refractivity contribution in [3.8, 4) is 5.75 Å². The third-order valence-electron chi connectivity index (χ3n) is 2.92. The van der Waals surface area contributed by atoms with Crippen LogP contribution in [0, 0.1) is 0 Å². The molecular formula is C15H22N2O4. The second-order valence-corrected chi connectivity index (χ2v) is 5.93. The molecule has 0 bridgehead atoms. The van der Waals surface area contributed by atoms with Crippen LogP contribution in [0.2, 0.25) is 0 Å². The number of carbonyl (C=O) groups is 1. The summed E-state index contributed by atoms with van der Waals surface area (Å²) in [5.74, 6) is 1.03. The first kappa shape index (κ1) is 15.6. The highest BCUT2D eigenvalue weighted by atomic mass is 16.6. The lowest BCUT2D eigenvalue weighted by molar-refractivity contribution is 0.0579. The number of anilines is 1. The van der Waals surface area contributed by atoms with E-state index in [4.69, 9.17) is 14.6 Å². The number of aliphatic hydroxyl groups is 1. The molecule has 1 aliphatic heterocycles. The molecule has 0 aliphatic carbocycles. The van der Waals surface area contributed by atoms with Crippen LogP contribution in [-0.4, -0.2) is 41.5 Å². The Balaban J connectivity index is 2.31. The summed E-state index contributed by atoms with van der Waals surface area (Å²) in [6.07, 6.45) is 0.725. The van der Waals surface area contributed by atoms with Gasteiger partial charge >= 0.3 is 6.09 Å². The molecule has 0 saturated heterocycles. The quantitative estimate of drug-likeness (QED) is 0.904. The molecule has 0 radical (unpaired) electrons. The average molecular weight is 294 g/mol. The molecule has 21 heavy (non-hydrogen) atoms. The molecule has 0 spiro atoms. The molecule has 0 saturated carbocycles. The normalized spacial score (nSPS) is 15.0. The third kappa shape index (κ3) is 4.07. The number of nitrogens with zero attached hydrogens (tertiary/aromatic N) is 2. The molecule has 1 amide bonds. The Kier molecular flexibility index (Phi) is 4.67. The monoisotopic (exact) mass is 294 g/mol. The zero-order chi connectivity index (χ0) is 15.5. The first-order valence-electron chi connectivity index (χ1n) is 7.15. The minimum atomic E-state index is -0.562. The van der Waals surface area contributed by atoms with Gasteiger partial charge in [-0.1, -0.05) is 0 Å². The zero-order valence-electron chi connectivity index (χ0n) is 12.8. The van der Waals surface area contributed by atoms with Gasteiger partial charge in [0.05, 0.1) is 6.61 Å². The summed E-state index contributed by atoms with van der Waals surface area (Å²) in [5.41, 5.74) is 0.155. The molecular weight excluding hydrogens is 272 g/mol. The number of hydrogen-bond acceptors (Lipinski definition) is 5. The van der Waals surface area contributed by atoms with Crippen molar-refractivity contribution in [1.82, 2.24) is 4.98 Å². The molecule has 6 nitrogen and oxygen atoms in total. The number of amides is 1. The lowest BCUT2D eigenvalue weighted by Gasteiger charge is -2.26. The van der Waals surface area contributed by atoms with Crippen LogP contribution < -0.4 is 9.64 Å². The van der Waals surface area contributed by atoms with Crippen LogP contribution in [0.25, 0.3) is 0 Å². The van der Waals surface area contributed by atoms with Crippen molar-refractivity contribution in [2.24, 2.45) is 0 Å². The number of fused-ring (bicyclic) bond motifs is 1. The van der Waals surface area contributed by atoms with Crippen molar-refractivity contribution in [3.63, 3.8) is 0 Å². The van der Waals surface area contributed by atoms with Crippen LogP contribution in [-0.2, 0) is 11.2 Å². The van der Waals surface area contributed by atoms with Gasteiger partial charge in [0, 0.05) is 25.3 Å². The molecule has 0 fully saturated rings. The third-order valence-corrected chi connectivity index (χ3v) is 2.92. The van der Waals surface area contributed by atoms with Gasteiger partial charge in [0.1, 0.15) is 5.60 Å². The van der Waals surface area contributed by atoms with Crippen molar-refractivity contribution < 1.29 is 19.4 Å². The maximum atomic E-state index is 12.4. The van der Waals surface area contributed by atoms with Crippen molar-refractivity contribution in [2.75, 3.05) is 24.7 Å². The fraction of sp³-hybridized carbons (Fsp3) is 0.600. The van der Waals surface area contributed by atoms with E-state index >= 15 is 0 Å². The largest absolute Gasteiger partial charge is 0.490 e. The summed E-state index contributed by atoms with van der Waals surface area (Å²) < 4.78 is 11.0. The number of carbonyl (C=O) groups excluding carboxylic acids is 1. The summed E-state index contributed by atoms with van der Waals surface area (Å²) in [4.78, 5) is 18.3. The molecule has 2 rings (SSSR count). The van der Waals surface area contributed by atoms with E-state index in [9.17, 15) is 4.79 Å². The minimum Gasteiger partial charge on any atom is -0.490 e. The maximum Gasteiger partial charge on any atom is 0.416 e. The van der Waals surface area contributed by atoms with Crippen LogP contribution in [0.1, 0.15) is 32.9 Å². The van der Waals surface area contributed by atoms with Crippen molar-refractivity contribution >= 4 is 11.9 Å². The maximum absolute atomic E-state index is 12.4. The van der Waals surface area contributed by atoms with Crippen molar-refractivity contribution in [3.05, 3.63) is 17.8 Å². The smallest absolute Gasteiger partial charge is 0.416 e. The van der Waals surface area contributed by atoms with Gasteiger partial charge in [0.2, 0.25) is 0 Å². The molecule has 0 aromatic carbocycles. The van der Waals surface area contributed by atoms with Crippen molar-refractivity contribution in [2.45, 2.75) is 39.2 Å². The van der Waals surface area contributed by atoms with Gasteiger partial charge in [-0.25, -0.2) is 9.78 Å². The Labute approximate surface area is 124 Å². The van der Waals surface area contributed by atoms with Gasteiger partial charge in [-0.15, -0.1) is 0 Å². The Morgan fingerprint density at radius 1 is 1.48 bits per heavy atom. The number of ether oxygens (including phenoxy) is 2. The van der Waals surface area contributed by atoms with Gasteiger partial charge in [-0.2, -0.15) is 0 Å². The minimum absolute atomic E-state index is 0.0130.